The van der Waals surface area contributed by atoms with E-state index in [-0.39, 0.29) is 12.3 Å². The number of ether oxygens (including phenoxy) is 3. The van der Waals surface area contributed by atoms with Crippen LogP contribution in [0.3, 0.4) is 0 Å². The van der Waals surface area contributed by atoms with Crippen LogP contribution >= 0.6 is 0 Å². The van der Waals surface area contributed by atoms with Crippen LogP contribution < -0.4 is 0 Å². The minimum Gasteiger partial charge on any atom is -0.452 e. The quantitative estimate of drug-likeness (QED) is 0.590. The number of cyclic esters (lactones) is 1. The summed E-state index contributed by atoms with van der Waals surface area (Å²) >= 11 is 0. The van der Waals surface area contributed by atoms with Crippen LogP contribution in [0.5, 0.6) is 0 Å². The molecule has 0 aromatic carbocycles. The molecule has 4 nitrogen and oxygen atoms in total. The van der Waals surface area contributed by atoms with E-state index in [1.54, 1.807) is 6.08 Å². The molecule has 4 heteroatoms. The summed E-state index contributed by atoms with van der Waals surface area (Å²) in [5.74, 6) is -0.291. The molecular weight excluding hydrogens is 172 g/mol. The van der Waals surface area contributed by atoms with E-state index < -0.39 is 5.60 Å². The van der Waals surface area contributed by atoms with Crippen LogP contribution in [0.4, 0.5) is 0 Å². The number of rotatable bonds is 2. The molecule has 1 saturated heterocycles. The number of carbonyl (C=O) groups is 1. The molecular formula is C9H12O4. The van der Waals surface area contributed by atoms with Gasteiger partial charge in [0.25, 0.3) is 0 Å². The maximum Gasteiger partial charge on any atom is 0.331 e. The summed E-state index contributed by atoms with van der Waals surface area (Å²) in [6.45, 7) is 3.09. The van der Waals surface area contributed by atoms with Crippen molar-refractivity contribution in [1.29, 1.82) is 0 Å². The number of hydrogen-bond acceptors (Lipinski definition) is 4. The summed E-state index contributed by atoms with van der Waals surface area (Å²) in [7, 11) is 0. The normalized spacial score (nSPS) is 34.1. The van der Waals surface area contributed by atoms with Crippen LogP contribution in [-0.4, -0.2) is 31.1 Å². The van der Waals surface area contributed by atoms with Crippen LogP contribution in [0.15, 0.2) is 12.2 Å². The van der Waals surface area contributed by atoms with Gasteiger partial charge in [0.2, 0.25) is 0 Å². The SMILES string of the molecule is CC1(CC2OCCO2)C=CC(=O)O1. The Morgan fingerprint density at radius 3 is 2.77 bits per heavy atom. The van der Waals surface area contributed by atoms with Gasteiger partial charge in [0, 0.05) is 12.5 Å². The highest BCUT2D eigenvalue weighted by Gasteiger charge is 2.35. The molecule has 2 aliphatic heterocycles. The summed E-state index contributed by atoms with van der Waals surface area (Å²) in [6.07, 6.45) is 3.52. The van der Waals surface area contributed by atoms with E-state index in [9.17, 15) is 4.79 Å². The molecule has 72 valence electrons. The lowest BCUT2D eigenvalue weighted by atomic mass is 10.0. The zero-order valence-electron chi connectivity index (χ0n) is 7.49. The van der Waals surface area contributed by atoms with Crippen LogP contribution in [0, 0.1) is 0 Å². The molecule has 0 aromatic rings. The van der Waals surface area contributed by atoms with Gasteiger partial charge in [0.15, 0.2) is 6.29 Å². The van der Waals surface area contributed by atoms with Crippen LogP contribution in [0.2, 0.25) is 0 Å². The monoisotopic (exact) mass is 184 g/mol. The maximum atomic E-state index is 10.8. The number of hydrogen-bond donors (Lipinski definition) is 0. The van der Waals surface area contributed by atoms with Gasteiger partial charge in [0.05, 0.1) is 13.2 Å². The molecule has 1 atom stereocenters. The topological polar surface area (TPSA) is 44.8 Å². The molecule has 2 aliphatic rings. The number of carbonyl (C=O) groups excluding carboxylic acids is 1. The molecule has 0 amide bonds. The van der Waals surface area contributed by atoms with Crippen molar-refractivity contribution in [2.75, 3.05) is 13.2 Å². The van der Waals surface area contributed by atoms with E-state index in [4.69, 9.17) is 14.2 Å². The molecule has 13 heavy (non-hydrogen) atoms. The summed E-state index contributed by atoms with van der Waals surface area (Å²) in [6, 6.07) is 0. The van der Waals surface area contributed by atoms with Gasteiger partial charge in [0.1, 0.15) is 5.60 Å². The fraction of sp³-hybridized carbons (Fsp3) is 0.667. The first-order valence-corrected chi connectivity index (χ1v) is 4.33. The molecule has 0 radical (unpaired) electrons. The third-order valence-electron chi connectivity index (χ3n) is 2.17. The Balaban J connectivity index is 1.93. The van der Waals surface area contributed by atoms with Crippen molar-refractivity contribution < 1.29 is 19.0 Å². The first-order chi connectivity index (χ1) is 6.18. The van der Waals surface area contributed by atoms with Gasteiger partial charge >= 0.3 is 5.97 Å². The van der Waals surface area contributed by atoms with E-state index in [0.29, 0.717) is 19.6 Å². The summed E-state index contributed by atoms with van der Waals surface area (Å²) in [5, 5.41) is 0. The van der Waals surface area contributed by atoms with Crippen molar-refractivity contribution in [2.45, 2.75) is 25.2 Å². The van der Waals surface area contributed by atoms with E-state index >= 15 is 0 Å². The molecule has 1 fully saturated rings. The second-order valence-corrected chi connectivity index (χ2v) is 3.44. The minimum absolute atomic E-state index is 0.236. The molecule has 0 spiro atoms. The molecule has 0 saturated carbocycles. The minimum atomic E-state index is -0.550. The highest BCUT2D eigenvalue weighted by Crippen LogP contribution is 2.27. The zero-order valence-corrected chi connectivity index (χ0v) is 7.49. The Bertz CT molecular complexity index is 242. The van der Waals surface area contributed by atoms with Crippen LogP contribution in [0.1, 0.15) is 13.3 Å². The molecule has 1 unspecified atom stereocenters. The molecule has 0 N–H and O–H groups in total. The lowest BCUT2D eigenvalue weighted by Gasteiger charge is -2.23. The first kappa shape index (κ1) is 8.72. The highest BCUT2D eigenvalue weighted by molar-refractivity contribution is 5.85. The standard InChI is InChI=1S/C9H12O4/c1-9(3-2-7(10)13-9)6-8-11-4-5-12-8/h2-3,8H,4-6H2,1H3. The van der Waals surface area contributed by atoms with Gasteiger partial charge in [-0.1, -0.05) is 0 Å². The Kier molecular flexibility index (Phi) is 2.09. The fourth-order valence-electron chi connectivity index (χ4n) is 1.51. The van der Waals surface area contributed by atoms with Crippen molar-refractivity contribution in [3.8, 4) is 0 Å². The summed E-state index contributed by atoms with van der Waals surface area (Å²) < 4.78 is 15.6. The molecule has 0 bridgehead atoms. The van der Waals surface area contributed by atoms with Crippen molar-refractivity contribution in [1.82, 2.24) is 0 Å². The molecule has 0 aliphatic carbocycles. The van der Waals surface area contributed by atoms with Gasteiger partial charge in [-0.05, 0) is 13.0 Å². The molecule has 2 heterocycles. The van der Waals surface area contributed by atoms with Gasteiger partial charge in [-0.25, -0.2) is 4.79 Å². The van der Waals surface area contributed by atoms with Gasteiger partial charge < -0.3 is 14.2 Å². The highest BCUT2D eigenvalue weighted by atomic mass is 16.7. The van der Waals surface area contributed by atoms with Gasteiger partial charge in [-0.15, -0.1) is 0 Å². The Morgan fingerprint density at radius 1 is 1.54 bits per heavy atom. The van der Waals surface area contributed by atoms with E-state index in [1.165, 1.54) is 6.08 Å². The molecule has 0 aromatic heterocycles. The second-order valence-electron chi connectivity index (χ2n) is 3.44. The average molecular weight is 184 g/mol. The number of esters is 1. The van der Waals surface area contributed by atoms with E-state index in [2.05, 4.69) is 0 Å². The smallest absolute Gasteiger partial charge is 0.331 e. The average Bonchev–Trinajstić information content (AvgIpc) is 2.62. The largest absolute Gasteiger partial charge is 0.452 e. The van der Waals surface area contributed by atoms with Crippen molar-refractivity contribution >= 4 is 5.97 Å². The predicted molar refractivity (Wildman–Crippen MR) is 43.9 cm³/mol. The van der Waals surface area contributed by atoms with Crippen molar-refractivity contribution in [2.24, 2.45) is 0 Å². The zero-order chi connectivity index (χ0) is 9.31. The van der Waals surface area contributed by atoms with Crippen molar-refractivity contribution in [3.63, 3.8) is 0 Å². The third kappa shape index (κ3) is 1.89. The summed E-state index contributed by atoms with van der Waals surface area (Å²) in [5.41, 5.74) is -0.550. The summed E-state index contributed by atoms with van der Waals surface area (Å²) in [4.78, 5) is 10.8. The Hall–Kier alpha value is -0.870. The van der Waals surface area contributed by atoms with Crippen LogP contribution in [-0.2, 0) is 19.0 Å². The van der Waals surface area contributed by atoms with E-state index in [1.807, 2.05) is 6.92 Å². The fourth-order valence-corrected chi connectivity index (χ4v) is 1.51. The second kappa shape index (κ2) is 3.12. The van der Waals surface area contributed by atoms with Crippen LogP contribution in [0.25, 0.3) is 0 Å². The lowest BCUT2D eigenvalue weighted by molar-refractivity contribution is -0.151. The maximum absolute atomic E-state index is 10.8. The van der Waals surface area contributed by atoms with Gasteiger partial charge in [-0.2, -0.15) is 0 Å². The van der Waals surface area contributed by atoms with Crippen molar-refractivity contribution in [3.05, 3.63) is 12.2 Å². The predicted octanol–water partition coefficient (Wildman–Crippen LogP) is 0.621. The lowest BCUT2D eigenvalue weighted by Crippen LogP contribution is -2.30. The van der Waals surface area contributed by atoms with Gasteiger partial charge in [-0.3, -0.25) is 0 Å². The third-order valence-corrected chi connectivity index (χ3v) is 2.17. The Labute approximate surface area is 76.5 Å². The molecule has 2 rings (SSSR count). The van der Waals surface area contributed by atoms with E-state index in [0.717, 1.165) is 0 Å². The first-order valence-electron chi connectivity index (χ1n) is 4.33. The Morgan fingerprint density at radius 2 is 2.23 bits per heavy atom.